The molecule has 1 rings (SSSR count). The molecular formula is C10H18FN3. The zero-order chi connectivity index (χ0) is 10.6. The molecule has 0 aliphatic heterocycles. The number of hydrogen-bond acceptors (Lipinski definition) is 2. The summed E-state index contributed by atoms with van der Waals surface area (Å²) in [6.07, 6.45) is 2.52. The first-order valence-electron chi connectivity index (χ1n) is 5.02. The number of unbranched alkanes of at least 4 members (excludes halogenated alkanes) is 2. The van der Waals surface area contributed by atoms with Gasteiger partial charge in [0.1, 0.15) is 0 Å². The molecule has 0 aliphatic carbocycles. The van der Waals surface area contributed by atoms with E-state index < -0.39 is 0 Å². The Labute approximate surface area is 84.1 Å². The van der Waals surface area contributed by atoms with Crippen molar-refractivity contribution < 1.29 is 4.39 Å². The lowest BCUT2D eigenvalue weighted by atomic mass is 10.2. The molecule has 0 radical (unpaired) electrons. The van der Waals surface area contributed by atoms with Crippen LogP contribution in [0, 0.1) is 13.8 Å². The molecule has 0 unspecified atom stereocenters. The molecule has 3 nitrogen and oxygen atoms in total. The molecule has 0 atom stereocenters. The summed E-state index contributed by atoms with van der Waals surface area (Å²) in [4.78, 5) is 0. The average molecular weight is 199 g/mol. The number of nitrogens with zero attached hydrogens (tertiary/aromatic N) is 2. The number of alkyl halides is 1. The highest BCUT2D eigenvalue weighted by molar-refractivity contribution is 5.46. The van der Waals surface area contributed by atoms with E-state index in [1.165, 1.54) is 0 Å². The molecule has 0 fully saturated rings. The van der Waals surface area contributed by atoms with E-state index >= 15 is 0 Å². The standard InChI is InChI=1S/C10H18FN3/c1-8-10(12)9(2)14(13-8)7-5-3-4-6-11/h3-7,12H2,1-2H3. The van der Waals surface area contributed by atoms with Crippen molar-refractivity contribution in [3.05, 3.63) is 11.4 Å². The molecule has 0 saturated heterocycles. The second kappa shape index (κ2) is 4.98. The van der Waals surface area contributed by atoms with Crippen molar-refractivity contribution in [2.24, 2.45) is 0 Å². The Morgan fingerprint density at radius 3 is 2.50 bits per heavy atom. The normalized spacial score (nSPS) is 10.8. The van der Waals surface area contributed by atoms with Crippen molar-refractivity contribution in [1.29, 1.82) is 0 Å². The fourth-order valence-corrected chi connectivity index (χ4v) is 1.46. The van der Waals surface area contributed by atoms with Crippen LogP contribution in [0.2, 0.25) is 0 Å². The first-order valence-corrected chi connectivity index (χ1v) is 5.02. The number of nitrogen functional groups attached to an aromatic ring is 1. The SMILES string of the molecule is Cc1nn(CCCCCF)c(C)c1N. The number of halogens is 1. The Kier molecular flexibility index (Phi) is 3.92. The quantitative estimate of drug-likeness (QED) is 0.739. The van der Waals surface area contributed by atoms with Gasteiger partial charge >= 0.3 is 0 Å². The molecule has 1 aromatic heterocycles. The van der Waals surface area contributed by atoms with Gasteiger partial charge in [0.25, 0.3) is 0 Å². The Hall–Kier alpha value is -1.06. The van der Waals surface area contributed by atoms with Crippen molar-refractivity contribution in [2.45, 2.75) is 39.7 Å². The second-order valence-electron chi connectivity index (χ2n) is 3.56. The molecule has 80 valence electrons. The molecule has 0 aliphatic rings. The highest BCUT2D eigenvalue weighted by Crippen LogP contribution is 2.15. The van der Waals surface area contributed by atoms with E-state index in [0.29, 0.717) is 6.42 Å². The number of aryl methyl sites for hydroxylation is 2. The van der Waals surface area contributed by atoms with Gasteiger partial charge in [-0.3, -0.25) is 9.07 Å². The maximum Gasteiger partial charge on any atom is 0.0894 e. The summed E-state index contributed by atoms with van der Waals surface area (Å²) in [6, 6.07) is 0. The molecule has 1 heterocycles. The largest absolute Gasteiger partial charge is 0.396 e. The third-order valence-corrected chi connectivity index (χ3v) is 2.44. The van der Waals surface area contributed by atoms with Gasteiger partial charge in [0.15, 0.2) is 0 Å². The lowest BCUT2D eigenvalue weighted by molar-refractivity contribution is 0.441. The first-order chi connectivity index (χ1) is 6.66. The lowest BCUT2D eigenvalue weighted by Gasteiger charge is -2.03. The highest BCUT2D eigenvalue weighted by atomic mass is 19.1. The summed E-state index contributed by atoms with van der Waals surface area (Å²) >= 11 is 0. The number of rotatable bonds is 5. The van der Waals surface area contributed by atoms with Gasteiger partial charge < -0.3 is 5.73 Å². The van der Waals surface area contributed by atoms with E-state index in [9.17, 15) is 4.39 Å². The smallest absolute Gasteiger partial charge is 0.0894 e. The summed E-state index contributed by atoms with van der Waals surface area (Å²) in [5.74, 6) is 0. The third kappa shape index (κ3) is 2.47. The first kappa shape index (κ1) is 11.0. The molecule has 0 aromatic carbocycles. The monoisotopic (exact) mass is 199 g/mol. The minimum Gasteiger partial charge on any atom is -0.396 e. The van der Waals surface area contributed by atoms with E-state index in [4.69, 9.17) is 5.73 Å². The van der Waals surface area contributed by atoms with Crippen LogP contribution in [0.25, 0.3) is 0 Å². The van der Waals surface area contributed by atoms with E-state index in [0.717, 1.165) is 36.5 Å². The number of aromatic nitrogens is 2. The van der Waals surface area contributed by atoms with Crippen molar-refractivity contribution in [1.82, 2.24) is 9.78 Å². The van der Waals surface area contributed by atoms with Gasteiger partial charge in [0.05, 0.1) is 23.7 Å². The fourth-order valence-electron chi connectivity index (χ4n) is 1.46. The summed E-state index contributed by atoms with van der Waals surface area (Å²) in [5.41, 5.74) is 8.46. The molecule has 0 amide bonds. The maximum absolute atomic E-state index is 11.8. The molecule has 2 N–H and O–H groups in total. The van der Waals surface area contributed by atoms with Crippen LogP contribution < -0.4 is 5.73 Å². The molecule has 0 spiro atoms. The van der Waals surface area contributed by atoms with Gasteiger partial charge in [-0.15, -0.1) is 0 Å². The van der Waals surface area contributed by atoms with Crippen molar-refractivity contribution in [3.8, 4) is 0 Å². The zero-order valence-corrected chi connectivity index (χ0v) is 8.89. The van der Waals surface area contributed by atoms with E-state index in [2.05, 4.69) is 5.10 Å². The molecule has 14 heavy (non-hydrogen) atoms. The van der Waals surface area contributed by atoms with Gasteiger partial charge in [-0.1, -0.05) is 0 Å². The summed E-state index contributed by atoms with van der Waals surface area (Å²) in [6.45, 7) is 4.48. The Balaban J connectivity index is 2.47. The van der Waals surface area contributed by atoms with E-state index in [-0.39, 0.29) is 6.67 Å². The molecular weight excluding hydrogens is 181 g/mol. The summed E-state index contributed by atoms with van der Waals surface area (Å²) in [7, 11) is 0. The second-order valence-corrected chi connectivity index (χ2v) is 3.56. The van der Waals surface area contributed by atoms with E-state index in [1.807, 2.05) is 18.5 Å². The van der Waals surface area contributed by atoms with Crippen LogP contribution in [0.1, 0.15) is 30.7 Å². The molecule has 1 aromatic rings. The average Bonchev–Trinajstić information content (AvgIpc) is 2.41. The van der Waals surface area contributed by atoms with Gasteiger partial charge in [-0.25, -0.2) is 0 Å². The van der Waals surface area contributed by atoms with E-state index in [1.54, 1.807) is 0 Å². The highest BCUT2D eigenvalue weighted by Gasteiger charge is 2.06. The van der Waals surface area contributed by atoms with Crippen LogP contribution in [0.3, 0.4) is 0 Å². The number of nitrogens with two attached hydrogens (primary N) is 1. The van der Waals surface area contributed by atoms with Crippen molar-refractivity contribution in [3.63, 3.8) is 0 Å². The van der Waals surface area contributed by atoms with Gasteiger partial charge in [0, 0.05) is 6.54 Å². The molecule has 0 saturated carbocycles. The fraction of sp³-hybridized carbons (Fsp3) is 0.700. The molecule has 4 heteroatoms. The lowest BCUT2D eigenvalue weighted by Crippen LogP contribution is -2.03. The van der Waals surface area contributed by atoms with Gasteiger partial charge in [-0.2, -0.15) is 5.10 Å². The van der Waals surface area contributed by atoms with Crippen LogP contribution in [-0.4, -0.2) is 16.5 Å². The minimum absolute atomic E-state index is 0.223. The number of anilines is 1. The van der Waals surface area contributed by atoms with Gasteiger partial charge in [-0.05, 0) is 33.1 Å². The van der Waals surface area contributed by atoms with Crippen molar-refractivity contribution in [2.75, 3.05) is 12.4 Å². The minimum atomic E-state index is -0.223. The Bertz CT molecular complexity index is 294. The predicted octanol–water partition coefficient (Wildman–Crippen LogP) is 2.22. The predicted molar refractivity (Wildman–Crippen MR) is 55.9 cm³/mol. The summed E-state index contributed by atoms with van der Waals surface area (Å²) in [5, 5.41) is 4.31. The number of hydrogen-bond donors (Lipinski definition) is 1. The van der Waals surface area contributed by atoms with Crippen LogP contribution in [0.5, 0.6) is 0 Å². The van der Waals surface area contributed by atoms with Crippen LogP contribution in [-0.2, 0) is 6.54 Å². The Morgan fingerprint density at radius 1 is 1.29 bits per heavy atom. The summed E-state index contributed by atoms with van der Waals surface area (Å²) < 4.78 is 13.7. The van der Waals surface area contributed by atoms with Crippen molar-refractivity contribution >= 4 is 5.69 Å². The van der Waals surface area contributed by atoms with Crippen LogP contribution >= 0.6 is 0 Å². The zero-order valence-electron chi connectivity index (χ0n) is 8.89. The maximum atomic E-state index is 11.8. The Morgan fingerprint density at radius 2 is 2.00 bits per heavy atom. The van der Waals surface area contributed by atoms with Gasteiger partial charge in [0.2, 0.25) is 0 Å². The van der Waals surface area contributed by atoms with Crippen LogP contribution in [0.4, 0.5) is 10.1 Å². The van der Waals surface area contributed by atoms with Crippen LogP contribution in [0.15, 0.2) is 0 Å². The third-order valence-electron chi connectivity index (χ3n) is 2.44. The molecule has 0 bridgehead atoms. The topological polar surface area (TPSA) is 43.8 Å².